The molecule has 2 heteroatoms. The highest BCUT2D eigenvalue weighted by Crippen LogP contribution is 2.06. The predicted molar refractivity (Wildman–Crippen MR) is 44.2 cm³/mol. The van der Waals surface area contributed by atoms with Crippen LogP contribution >= 0.6 is 0 Å². The van der Waals surface area contributed by atoms with E-state index in [0.29, 0.717) is 0 Å². The first-order chi connectivity index (χ1) is 4.84. The van der Waals surface area contributed by atoms with Crippen molar-refractivity contribution in [3.8, 4) is 0 Å². The van der Waals surface area contributed by atoms with Crippen LogP contribution in [0.3, 0.4) is 0 Å². The molecule has 0 unspecified atom stereocenters. The van der Waals surface area contributed by atoms with Gasteiger partial charge in [-0.05, 0) is 33.0 Å². The molecule has 1 heterocycles. The van der Waals surface area contributed by atoms with E-state index >= 15 is 0 Å². The molecule has 2 nitrogen and oxygen atoms in total. The minimum absolute atomic E-state index is 0.791. The van der Waals surface area contributed by atoms with E-state index in [9.17, 15) is 0 Å². The molecule has 0 radical (unpaired) electrons. The molecule has 0 aromatic heterocycles. The van der Waals surface area contributed by atoms with Gasteiger partial charge in [0.25, 0.3) is 0 Å². The van der Waals surface area contributed by atoms with Crippen LogP contribution in [0, 0.1) is 0 Å². The Balaban J connectivity index is 2.24. The van der Waals surface area contributed by atoms with E-state index in [-0.39, 0.29) is 0 Å². The molecule has 1 rings (SSSR count). The van der Waals surface area contributed by atoms with Gasteiger partial charge in [0, 0.05) is 12.6 Å². The Labute approximate surface area is 63.6 Å². The SMILES string of the molecule is CCN(C)[C@@H]1CCCNC1. The number of piperidine rings is 1. The maximum atomic E-state index is 3.41. The van der Waals surface area contributed by atoms with Gasteiger partial charge in [0.15, 0.2) is 0 Å². The van der Waals surface area contributed by atoms with Crippen LogP contribution < -0.4 is 5.32 Å². The molecule has 1 saturated heterocycles. The quantitative estimate of drug-likeness (QED) is 0.610. The smallest absolute Gasteiger partial charge is 0.0217 e. The first-order valence-corrected chi connectivity index (χ1v) is 4.25. The van der Waals surface area contributed by atoms with Crippen LogP contribution in [-0.2, 0) is 0 Å². The first-order valence-electron chi connectivity index (χ1n) is 4.25. The van der Waals surface area contributed by atoms with Crippen molar-refractivity contribution >= 4 is 0 Å². The molecule has 0 aromatic rings. The van der Waals surface area contributed by atoms with Crippen molar-refractivity contribution in [3.63, 3.8) is 0 Å². The average Bonchev–Trinajstić information content (AvgIpc) is 2.05. The Morgan fingerprint density at radius 2 is 2.40 bits per heavy atom. The summed E-state index contributed by atoms with van der Waals surface area (Å²) >= 11 is 0. The Morgan fingerprint density at radius 3 is 2.90 bits per heavy atom. The van der Waals surface area contributed by atoms with E-state index in [2.05, 4.69) is 24.2 Å². The van der Waals surface area contributed by atoms with Crippen LogP contribution in [0.15, 0.2) is 0 Å². The van der Waals surface area contributed by atoms with Gasteiger partial charge in [0.05, 0.1) is 0 Å². The van der Waals surface area contributed by atoms with Gasteiger partial charge in [0.2, 0.25) is 0 Å². The summed E-state index contributed by atoms with van der Waals surface area (Å²) in [5.74, 6) is 0. The van der Waals surface area contributed by atoms with Crippen LogP contribution in [0.1, 0.15) is 19.8 Å². The summed E-state index contributed by atoms with van der Waals surface area (Å²) in [7, 11) is 2.21. The van der Waals surface area contributed by atoms with E-state index in [1.807, 2.05) is 0 Å². The Bertz CT molecular complexity index is 87.3. The van der Waals surface area contributed by atoms with Crippen molar-refractivity contribution < 1.29 is 0 Å². The molecular weight excluding hydrogens is 124 g/mol. The molecule has 0 aliphatic carbocycles. The molecule has 1 atom stereocenters. The summed E-state index contributed by atoms with van der Waals surface area (Å²) in [6.07, 6.45) is 2.71. The fourth-order valence-corrected chi connectivity index (χ4v) is 1.47. The Morgan fingerprint density at radius 1 is 1.60 bits per heavy atom. The molecule has 1 N–H and O–H groups in total. The number of hydrogen-bond donors (Lipinski definition) is 1. The summed E-state index contributed by atoms with van der Waals surface area (Å²) in [6, 6.07) is 0.791. The molecule has 1 aliphatic rings. The summed E-state index contributed by atoms with van der Waals surface area (Å²) in [4.78, 5) is 2.42. The number of nitrogens with one attached hydrogen (secondary N) is 1. The van der Waals surface area contributed by atoms with Crippen molar-refractivity contribution in [1.82, 2.24) is 10.2 Å². The van der Waals surface area contributed by atoms with Gasteiger partial charge in [0.1, 0.15) is 0 Å². The molecule has 10 heavy (non-hydrogen) atoms. The lowest BCUT2D eigenvalue weighted by Gasteiger charge is -2.30. The summed E-state index contributed by atoms with van der Waals surface area (Å²) < 4.78 is 0. The summed E-state index contributed by atoms with van der Waals surface area (Å²) in [5.41, 5.74) is 0. The van der Waals surface area contributed by atoms with Gasteiger partial charge in [-0.1, -0.05) is 6.92 Å². The standard InChI is InChI=1S/C8H18N2/c1-3-10(2)8-5-4-6-9-7-8/h8-9H,3-7H2,1-2H3/t8-/m1/s1. The molecule has 0 spiro atoms. The van der Waals surface area contributed by atoms with Crippen LogP contribution in [0.25, 0.3) is 0 Å². The van der Waals surface area contributed by atoms with Crippen molar-refractivity contribution in [3.05, 3.63) is 0 Å². The van der Waals surface area contributed by atoms with Gasteiger partial charge < -0.3 is 10.2 Å². The molecular formula is C8H18N2. The highest BCUT2D eigenvalue weighted by Gasteiger charge is 2.15. The lowest BCUT2D eigenvalue weighted by atomic mass is 10.1. The molecule has 0 bridgehead atoms. The number of likely N-dealkylation sites (N-methyl/N-ethyl adjacent to an activating group) is 1. The zero-order valence-electron chi connectivity index (χ0n) is 7.06. The maximum absolute atomic E-state index is 3.41. The van der Waals surface area contributed by atoms with Crippen molar-refractivity contribution in [2.75, 3.05) is 26.7 Å². The fourth-order valence-electron chi connectivity index (χ4n) is 1.47. The molecule has 0 aromatic carbocycles. The van der Waals surface area contributed by atoms with Crippen LogP contribution in [0.2, 0.25) is 0 Å². The van der Waals surface area contributed by atoms with E-state index in [4.69, 9.17) is 0 Å². The van der Waals surface area contributed by atoms with Crippen molar-refractivity contribution in [2.45, 2.75) is 25.8 Å². The second-order valence-electron chi connectivity index (χ2n) is 3.07. The van der Waals surface area contributed by atoms with E-state index < -0.39 is 0 Å². The zero-order valence-corrected chi connectivity index (χ0v) is 7.06. The summed E-state index contributed by atoms with van der Waals surface area (Å²) in [5, 5.41) is 3.41. The largest absolute Gasteiger partial charge is 0.315 e. The summed E-state index contributed by atoms with van der Waals surface area (Å²) in [6.45, 7) is 5.79. The third kappa shape index (κ3) is 1.96. The van der Waals surface area contributed by atoms with E-state index in [0.717, 1.165) is 6.04 Å². The lowest BCUT2D eigenvalue weighted by molar-refractivity contribution is 0.212. The average molecular weight is 142 g/mol. The Hall–Kier alpha value is -0.0800. The van der Waals surface area contributed by atoms with E-state index in [1.54, 1.807) is 0 Å². The minimum atomic E-state index is 0.791. The van der Waals surface area contributed by atoms with Crippen LogP contribution in [0.4, 0.5) is 0 Å². The zero-order chi connectivity index (χ0) is 7.40. The number of rotatable bonds is 2. The molecule has 1 fully saturated rings. The highest BCUT2D eigenvalue weighted by atomic mass is 15.1. The molecule has 0 amide bonds. The third-order valence-electron chi connectivity index (χ3n) is 2.39. The lowest BCUT2D eigenvalue weighted by Crippen LogP contribution is -2.43. The van der Waals surface area contributed by atoms with Gasteiger partial charge in [-0.25, -0.2) is 0 Å². The second-order valence-corrected chi connectivity index (χ2v) is 3.07. The second kappa shape index (κ2) is 3.94. The van der Waals surface area contributed by atoms with Gasteiger partial charge >= 0.3 is 0 Å². The third-order valence-corrected chi connectivity index (χ3v) is 2.39. The normalized spacial score (nSPS) is 27.3. The monoisotopic (exact) mass is 142 g/mol. The highest BCUT2D eigenvalue weighted by molar-refractivity contribution is 4.75. The van der Waals surface area contributed by atoms with Gasteiger partial charge in [-0.3, -0.25) is 0 Å². The van der Waals surface area contributed by atoms with Crippen LogP contribution in [0.5, 0.6) is 0 Å². The van der Waals surface area contributed by atoms with Crippen molar-refractivity contribution in [1.29, 1.82) is 0 Å². The first kappa shape index (κ1) is 8.02. The Kier molecular flexibility index (Phi) is 3.16. The fraction of sp³-hybridized carbons (Fsp3) is 1.00. The number of hydrogen-bond acceptors (Lipinski definition) is 2. The molecule has 1 aliphatic heterocycles. The number of nitrogens with zero attached hydrogens (tertiary/aromatic N) is 1. The van der Waals surface area contributed by atoms with Crippen molar-refractivity contribution in [2.24, 2.45) is 0 Å². The maximum Gasteiger partial charge on any atom is 0.0217 e. The minimum Gasteiger partial charge on any atom is -0.315 e. The molecule has 0 saturated carbocycles. The predicted octanol–water partition coefficient (Wildman–Crippen LogP) is 0.690. The van der Waals surface area contributed by atoms with Crippen LogP contribution in [-0.4, -0.2) is 37.6 Å². The van der Waals surface area contributed by atoms with Gasteiger partial charge in [-0.15, -0.1) is 0 Å². The topological polar surface area (TPSA) is 15.3 Å². The van der Waals surface area contributed by atoms with Gasteiger partial charge in [-0.2, -0.15) is 0 Å². The molecule has 60 valence electrons. The van der Waals surface area contributed by atoms with E-state index in [1.165, 1.54) is 32.5 Å².